The van der Waals surface area contributed by atoms with Crippen molar-refractivity contribution in [3.63, 3.8) is 0 Å². The van der Waals surface area contributed by atoms with Gasteiger partial charge in [-0.2, -0.15) is 13.5 Å². The quantitative estimate of drug-likeness (QED) is 0.409. The summed E-state index contributed by atoms with van der Waals surface area (Å²) in [6.07, 6.45) is 8.89. The van der Waals surface area contributed by atoms with Gasteiger partial charge in [0.2, 0.25) is 5.91 Å². The van der Waals surface area contributed by atoms with Gasteiger partial charge in [0.25, 0.3) is 11.8 Å². The van der Waals surface area contributed by atoms with E-state index in [4.69, 9.17) is 11.6 Å². The molecule has 1 saturated carbocycles. The zero-order valence-electron chi connectivity index (χ0n) is 20.7. The van der Waals surface area contributed by atoms with Gasteiger partial charge in [-0.05, 0) is 62.1 Å². The molecule has 2 atom stereocenters. The standard InChI is InChI=1S/C28H31ClN4O3.H2S/c29-22-17-30-25-16-19(11-14-21(22)25)28(36)32-24-7-4-3-6-23(24)31-27(35)18-9-12-20(13-10-18)33-15-5-1-2-8-26(33)34;/h9-14,16-17,23-24,30H,1-8,15H2,(H,31,35)(H,32,36);1H2/t23-,24+;/m0./s1. The number of carbonyl (C=O) groups excluding carboxylic acids is 3. The third-order valence-electron chi connectivity index (χ3n) is 7.31. The summed E-state index contributed by atoms with van der Waals surface area (Å²) in [5.74, 6) is -0.193. The van der Waals surface area contributed by atoms with Crippen molar-refractivity contribution in [2.24, 2.45) is 0 Å². The Morgan fingerprint density at radius 3 is 2.22 bits per heavy atom. The average Bonchev–Trinajstić information content (AvgIpc) is 3.12. The van der Waals surface area contributed by atoms with E-state index in [1.54, 1.807) is 30.5 Å². The largest absolute Gasteiger partial charge is 0.360 e. The van der Waals surface area contributed by atoms with Crippen molar-refractivity contribution in [1.82, 2.24) is 15.6 Å². The zero-order chi connectivity index (χ0) is 25.1. The molecular weight excluding hydrogens is 508 g/mol. The number of hydrogen-bond donors (Lipinski definition) is 3. The maximum atomic E-state index is 13.0. The number of fused-ring (bicyclic) bond motifs is 1. The number of amides is 3. The molecule has 1 aliphatic carbocycles. The maximum Gasteiger partial charge on any atom is 0.251 e. The summed E-state index contributed by atoms with van der Waals surface area (Å²) in [5, 5.41) is 7.77. The second-order valence-electron chi connectivity index (χ2n) is 9.74. The van der Waals surface area contributed by atoms with Crippen LogP contribution in [0.2, 0.25) is 5.02 Å². The van der Waals surface area contributed by atoms with Crippen molar-refractivity contribution < 1.29 is 14.4 Å². The van der Waals surface area contributed by atoms with Crippen LogP contribution in [0.1, 0.15) is 72.1 Å². The van der Waals surface area contributed by atoms with E-state index in [2.05, 4.69) is 15.6 Å². The highest BCUT2D eigenvalue weighted by Crippen LogP contribution is 2.25. The first-order valence-electron chi connectivity index (χ1n) is 12.8. The molecule has 2 aromatic carbocycles. The van der Waals surface area contributed by atoms with Gasteiger partial charge in [0.15, 0.2) is 0 Å². The molecule has 37 heavy (non-hydrogen) atoms. The number of anilines is 1. The van der Waals surface area contributed by atoms with Crippen LogP contribution in [0.15, 0.2) is 48.7 Å². The lowest BCUT2D eigenvalue weighted by atomic mass is 9.89. The van der Waals surface area contributed by atoms with Gasteiger partial charge < -0.3 is 20.5 Å². The summed E-state index contributed by atoms with van der Waals surface area (Å²) >= 11 is 6.15. The van der Waals surface area contributed by atoms with Crippen LogP contribution in [-0.4, -0.2) is 41.3 Å². The van der Waals surface area contributed by atoms with Crippen LogP contribution in [0.5, 0.6) is 0 Å². The van der Waals surface area contributed by atoms with Crippen LogP contribution >= 0.6 is 25.1 Å². The average molecular weight is 541 g/mol. The number of aromatic nitrogens is 1. The van der Waals surface area contributed by atoms with E-state index in [1.165, 1.54) is 0 Å². The van der Waals surface area contributed by atoms with Crippen LogP contribution in [0.4, 0.5) is 5.69 Å². The van der Waals surface area contributed by atoms with E-state index in [9.17, 15) is 14.4 Å². The molecule has 0 radical (unpaired) electrons. The molecule has 3 N–H and O–H groups in total. The topological polar surface area (TPSA) is 94.3 Å². The fourth-order valence-electron chi connectivity index (χ4n) is 5.26. The Labute approximate surface area is 228 Å². The Hall–Kier alpha value is -2.97. The molecule has 5 rings (SSSR count). The molecule has 0 spiro atoms. The molecule has 2 heterocycles. The number of aromatic amines is 1. The van der Waals surface area contributed by atoms with Gasteiger partial charge in [0.05, 0.1) is 5.02 Å². The minimum atomic E-state index is -0.169. The second kappa shape index (κ2) is 12.0. The van der Waals surface area contributed by atoms with Crippen LogP contribution in [0.25, 0.3) is 10.9 Å². The smallest absolute Gasteiger partial charge is 0.251 e. The molecule has 2 aliphatic rings. The fourth-order valence-corrected chi connectivity index (χ4v) is 5.48. The van der Waals surface area contributed by atoms with Gasteiger partial charge in [0, 0.05) is 59.0 Å². The summed E-state index contributed by atoms with van der Waals surface area (Å²) in [4.78, 5) is 43.3. The van der Waals surface area contributed by atoms with Gasteiger partial charge in [-0.3, -0.25) is 14.4 Å². The van der Waals surface area contributed by atoms with Gasteiger partial charge in [-0.25, -0.2) is 0 Å². The highest BCUT2D eigenvalue weighted by Gasteiger charge is 2.29. The van der Waals surface area contributed by atoms with E-state index < -0.39 is 0 Å². The van der Waals surface area contributed by atoms with Crippen molar-refractivity contribution in [1.29, 1.82) is 0 Å². The van der Waals surface area contributed by atoms with Crippen LogP contribution in [0, 0.1) is 0 Å². The molecule has 9 heteroatoms. The fraction of sp³-hybridized carbons (Fsp3) is 0.393. The Morgan fingerprint density at radius 1 is 0.865 bits per heavy atom. The Balaban J connectivity index is 0.00000320. The number of nitrogens with zero attached hydrogens (tertiary/aromatic N) is 1. The Morgan fingerprint density at radius 2 is 1.51 bits per heavy atom. The first-order chi connectivity index (χ1) is 17.5. The number of carbonyl (C=O) groups is 3. The van der Waals surface area contributed by atoms with Crippen molar-refractivity contribution in [3.05, 3.63) is 64.8 Å². The van der Waals surface area contributed by atoms with E-state index in [1.807, 2.05) is 23.1 Å². The first-order valence-corrected chi connectivity index (χ1v) is 13.2. The highest BCUT2D eigenvalue weighted by atomic mass is 35.5. The number of halogens is 1. The maximum absolute atomic E-state index is 13.0. The molecule has 1 saturated heterocycles. The van der Waals surface area contributed by atoms with Gasteiger partial charge in [-0.1, -0.05) is 36.9 Å². The lowest BCUT2D eigenvalue weighted by Crippen LogP contribution is -2.53. The van der Waals surface area contributed by atoms with Crippen molar-refractivity contribution in [3.8, 4) is 0 Å². The molecule has 0 unspecified atom stereocenters. The number of H-pyrrole nitrogens is 1. The van der Waals surface area contributed by atoms with Crippen molar-refractivity contribution in [2.75, 3.05) is 11.4 Å². The molecule has 196 valence electrons. The van der Waals surface area contributed by atoms with Crippen LogP contribution < -0.4 is 15.5 Å². The summed E-state index contributed by atoms with van der Waals surface area (Å²) in [6.45, 7) is 0.720. The second-order valence-corrected chi connectivity index (χ2v) is 10.2. The zero-order valence-corrected chi connectivity index (χ0v) is 22.4. The van der Waals surface area contributed by atoms with E-state index >= 15 is 0 Å². The summed E-state index contributed by atoms with van der Waals surface area (Å²) in [5.41, 5.74) is 2.74. The minimum Gasteiger partial charge on any atom is -0.360 e. The predicted octanol–water partition coefficient (Wildman–Crippen LogP) is 5.31. The Bertz CT molecular complexity index is 1280. The van der Waals surface area contributed by atoms with Crippen LogP contribution in [0.3, 0.4) is 0 Å². The molecule has 3 aromatic rings. The third kappa shape index (κ3) is 6.13. The summed E-state index contributed by atoms with van der Waals surface area (Å²) < 4.78 is 0. The Kier molecular flexibility index (Phi) is 8.82. The monoisotopic (exact) mass is 540 g/mol. The number of hydrogen-bond acceptors (Lipinski definition) is 3. The van der Waals surface area contributed by atoms with Gasteiger partial charge in [0.1, 0.15) is 0 Å². The SMILES string of the molecule is O=C(N[C@H]1CCCC[C@H]1NC(=O)c1ccc2c(Cl)c[nH]c2c1)c1ccc(N2CCCCCC2=O)cc1.S. The molecule has 1 aromatic heterocycles. The normalized spacial score (nSPS) is 20.1. The molecule has 1 aliphatic heterocycles. The van der Waals surface area contributed by atoms with Crippen LogP contribution in [-0.2, 0) is 4.79 Å². The molecule has 3 amide bonds. The van der Waals surface area contributed by atoms with Gasteiger partial charge in [-0.15, -0.1) is 0 Å². The van der Waals surface area contributed by atoms with E-state index in [0.29, 0.717) is 22.6 Å². The molecular formula is C28H33ClN4O3S. The van der Waals surface area contributed by atoms with E-state index in [0.717, 1.165) is 68.1 Å². The number of benzene rings is 2. The molecule has 2 fully saturated rings. The molecule has 7 nitrogen and oxygen atoms in total. The van der Waals surface area contributed by atoms with Crippen molar-refractivity contribution in [2.45, 2.75) is 63.5 Å². The third-order valence-corrected chi connectivity index (χ3v) is 7.62. The number of rotatable bonds is 5. The number of nitrogens with one attached hydrogen (secondary N) is 3. The van der Waals surface area contributed by atoms with Gasteiger partial charge >= 0.3 is 0 Å². The van der Waals surface area contributed by atoms with Crippen molar-refractivity contribution >= 4 is 59.4 Å². The minimum absolute atomic E-state index is 0. The first kappa shape index (κ1) is 27.1. The lowest BCUT2D eigenvalue weighted by Gasteiger charge is -2.33. The summed E-state index contributed by atoms with van der Waals surface area (Å²) in [6, 6.07) is 12.4. The molecule has 0 bridgehead atoms. The van der Waals surface area contributed by atoms with E-state index in [-0.39, 0.29) is 43.3 Å². The summed E-state index contributed by atoms with van der Waals surface area (Å²) in [7, 11) is 0. The highest BCUT2D eigenvalue weighted by molar-refractivity contribution is 7.59. The lowest BCUT2D eigenvalue weighted by molar-refractivity contribution is -0.118. The predicted molar refractivity (Wildman–Crippen MR) is 152 cm³/mol.